The highest BCUT2D eigenvalue weighted by atomic mass is 16.5. The molecular formula is C16H32N2O3. The molecule has 5 heteroatoms. The molecule has 1 fully saturated rings. The third kappa shape index (κ3) is 6.76. The first-order chi connectivity index (χ1) is 9.98. The van der Waals surface area contributed by atoms with Crippen LogP contribution in [-0.4, -0.2) is 60.9 Å². The molecule has 0 bridgehead atoms. The van der Waals surface area contributed by atoms with Gasteiger partial charge in [0, 0.05) is 13.2 Å². The van der Waals surface area contributed by atoms with E-state index in [0.717, 1.165) is 45.5 Å². The minimum Gasteiger partial charge on any atom is -0.480 e. The minimum atomic E-state index is -0.807. The van der Waals surface area contributed by atoms with Crippen LogP contribution in [0.15, 0.2) is 0 Å². The maximum atomic E-state index is 11.4. The number of carbonyl (C=O) groups is 1. The van der Waals surface area contributed by atoms with Crippen LogP contribution in [-0.2, 0) is 9.53 Å². The Labute approximate surface area is 129 Å². The van der Waals surface area contributed by atoms with Crippen molar-refractivity contribution in [3.05, 3.63) is 0 Å². The summed E-state index contributed by atoms with van der Waals surface area (Å²) in [7, 11) is 2.09. The maximum absolute atomic E-state index is 11.4. The van der Waals surface area contributed by atoms with Crippen LogP contribution in [0.2, 0.25) is 0 Å². The fourth-order valence-electron chi connectivity index (χ4n) is 2.76. The summed E-state index contributed by atoms with van der Waals surface area (Å²) in [6.45, 7) is 7.33. The Kier molecular flexibility index (Phi) is 8.22. The van der Waals surface area contributed by atoms with E-state index in [1.54, 1.807) is 6.92 Å². The Morgan fingerprint density at radius 1 is 1.48 bits per heavy atom. The van der Waals surface area contributed by atoms with Crippen LogP contribution in [0.3, 0.4) is 0 Å². The van der Waals surface area contributed by atoms with E-state index in [-0.39, 0.29) is 0 Å². The molecule has 0 amide bonds. The molecule has 0 radical (unpaired) electrons. The molecule has 0 aromatic heterocycles. The average molecular weight is 300 g/mol. The summed E-state index contributed by atoms with van der Waals surface area (Å²) < 4.78 is 5.74. The molecule has 2 atom stereocenters. The van der Waals surface area contributed by atoms with E-state index in [9.17, 15) is 9.90 Å². The highest BCUT2D eigenvalue weighted by Gasteiger charge is 2.31. The summed E-state index contributed by atoms with van der Waals surface area (Å²) in [6, 6.07) is 0. The fourth-order valence-corrected chi connectivity index (χ4v) is 2.76. The van der Waals surface area contributed by atoms with Gasteiger partial charge in [0.05, 0.1) is 6.10 Å². The maximum Gasteiger partial charge on any atom is 0.323 e. The molecule has 21 heavy (non-hydrogen) atoms. The van der Waals surface area contributed by atoms with Gasteiger partial charge in [-0.2, -0.15) is 0 Å². The monoisotopic (exact) mass is 300 g/mol. The Balaban J connectivity index is 2.27. The molecule has 1 saturated heterocycles. The lowest BCUT2D eigenvalue weighted by atomic mass is 9.95. The zero-order valence-electron chi connectivity index (χ0n) is 13.9. The van der Waals surface area contributed by atoms with E-state index in [2.05, 4.69) is 17.3 Å². The van der Waals surface area contributed by atoms with Crippen LogP contribution in [0.1, 0.15) is 52.4 Å². The van der Waals surface area contributed by atoms with Crippen LogP contribution in [0.5, 0.6) is 0 Å². The van der Waals surface area contributed by atoms with Crippen LogP contribution < -0.4 is 5.32 Å². The molecule has 0 saturated carbocycles. The largest absolute Gasteiger partial charge is 0.480 e. The highest BCUT2D eigenvalue weighted by molar-refractivity contribution is 5.78. The van der Waals surface area contributed by atoms with Crippen molar-refractivity contribution in [1.82, 2.24) is 10.2 Å². The van der Waals surface area contributed by atoms with E-state index in [1.165, 1.54) is 12.8 Å². The number of rotatable bonds is 10. The normalized spacial score (nSPS) is 22.2. The smallest absolute Gasteiger partial charge is 0.323 e. The fraction of sp³-hybridized carbons (Fsp3) is 0.938. The number of aliphatic carboxylic acids is 1. The number of carboxylic acids is 1. The molecule has 1 aliphatic heterocycles. The average Bonchev–Trinajstić information content (AvgIpc) is 2.46. The van der Waals surface area contributed by atoms with Gasteiger partial charge in [0.2, 0.25) is 0 Å². The first-order valence-corrected chi connectivity index (χ1v) is 8.26. The number of hydrogen-bond donors (Lipinski definition) is 2. The number of hydrogen-bond acceptors (Lipinski definition) is 4. The first kappa shape index (κ1) is 18.4. The van der Waals surface area contributed by atoms with Crippen LogP contribution in [0.25, 0.3) is 0 Å². The molecule has 0 aromatic carbocycles. The van der Waals surface area contributed by atoms with Gasteiger partial charge in [-0.05, 0) is 65.6 Å². The Morgan fingerprint density at radius 2 is 2.24 bits per heavy atom. The van der Waals surface area contributed by atoms with Gasteiger partial charge < -0.3 is 20.1 Å². The predicted molar refractivity (Wildman–Crippen MR) is 84.7 cm³/mol. The van der Waals surface area contributed by atoms with Crippen molar-refractivity contribution in [3.63, 3.8) is 0 Å². The third-order valence-electron chi connectivity index (χ3n) is 4.24. The van der Waals surface area contributed by atoms with Gasteiger partial charge in [0.25, 0.3) is 0 Å². The molecule has 124 valence electrons. The SMILES string of the molecule is CCCNC(C)(CCCN(C)CC1CCCCO1)C(=O)O. The number of ether oxygens (including phenoxy) is 1. The summed E-state index contributed by atoms with van der Waals surface area (Å²) in [5.74, 6) is -0.755. The van der Waals surface area contributed by atoms with Crippen molar-refractivity contribution in [2.24, 2.45) is 0 Å². The van der Waals surface area contributed by atoms with Gasteiger partial charge in [-0.1, -0.05) is 6.92 Å². The number of nitrogens with one attached hydrogen (secondary N) is 1. The zero-order chi connectivity index (χ0) is 15.7. The zero-order valence-corrected chi connectivity index (χ0v) is 13.9. The van der Waals surface area contributed by atoms with Gasteiger partial charge >= 0.3 is 5.97 Å². The minimum absolute atomic E-state index is 0.354. The van der Waals surface area contributed by atoms with Crippen molar-refractivity contribution in [3.8, 4) is 0 Å². The summed E-state index contributed by atoms with van der Waals surface area (Å²) in [4.78, 5) is 13.7. The van der Waals surface area contributed by atoms with Crippen molar-refractivity contribution in [2.45, 2.75) is 64.0 Å². The summed E-state index contributed by atoms with van der Waals surface area (Å²) in [6.07, 6.45) is 6.42. The number of likely N-dealkylation sites (N-methyl/N-ethyl adjacent to an activating group) is 1. The summed E-state index contributed by atoms with van der Waals surface area (Å²) >= 11 is 0. The van der Waals surface area contributed by atoms with Gasteiger partial charge in [-0.3, -0.25) is 4.79 Å². The standard InChI is InChI=1S/C16H32N2O3/c1-4-10-17-16(2,15(19)20)9-7-11-18(3)13-14-8-5-6-12-21-14/h14,17H,4-13H2,1-3H3,(H,19,20). The second-order valence-electron chi connectivity index (χ2n) is 6.42. The van der Waals surface area contributed by atoms with Crippen molar-refractivity contribution in [1.29, 1.82) is 0 Å². The van der Waals surface area contributed by atoms with Crippen LogP contribution in [0, 0.1) is 0 Å². The van der Waals surface area contributed by atoms with Crippen LogP contribution >= 0.6 is 0 Å². The quantitative estimate of drug-likeness (QED) is 0.647. The second-order valence-corrected chi connectivity index (χ2v) is 6.42. The molecule has 0 spiro atoms. The number of nitrogens with zero attached hydrogens (tertiary/aromatic N) is 1. The Bertz CT molecular complexity index is 306. The molecule has 0 aromatic rings. The van der Waals surface area contributed by atoms with E-state index in [0.29, 0.717) is 12.5 Å². The van der Waals surface area contributed by atoms with Crippen LogP contribution in [0.4, 0.5) is 0 Å². The highest BCUT2D eigenvalue weighted by Crippen LogP contribution is 2.16. The third-order valence-corrected chi connectivity index (χ3v) is 4.24. The van der Waals surface area contributed by atoms with Crippen molar-refractivity contribution in [2.75, 3.05) is 33.3 Å². The molecule has 1 rings (SSSR count). The molecular weight excluding hydrogens is 268 g/mol. The Morgan fingerprint density at radius 3 is 2.81 bits per heavy atom. The summed E-state index contributed by atoms with van der Waals surface area (Å²) in [5, 5.41) is 12.5. The van der Waals surface area contributed by atoms with Gasteiger partial charge in [0.1, 0.15) is 5.54 Å². The van der Waals surface area contributed by atoms with Crippen molar-refractivity contribution >= 4 is 5.97 Å². The Hall–Kier alpha value is -0.650. The van der Waals surface area contributed by atoms with Gasteiger partial charge in [-0.15, -0.1) is 0 Å². The molecule has 2 unspecified atom stereocenters. The first-order valence-electron chi connectivity index (χ1n) is 8.26. The van der Waals surface area contributed by atoms with E-state index in [1.807, 2.05) is 6.92 Å². The summed E-state index contributed by atoms with van der Waals surface area (Å²) in [5.41, 5.74) is -0.807. The molecule has 1 aliphatic rings. The van der Waals surface area contributed by atoms with Crippen molar-refractivity contribution < 1.29 is 14.6 Å². The lowest BCUT2D eigenvalue weighted by Crippen LogP contribution is -2.50. The molecule has 1 heterocycles. The van der Waals surface area contributed by atoms with E-state index < -0.39 is 11.5 Å². The van der Waals surface area contributed by atoms with E-state index in [4.69, 9.17) is 4.74 Å². The van der Waals surface area contributed by atoms with E-state index >= 15 is 0 Å². The van der Waals surface area contributed by atoms with Gasteiger partial charge in [-0.25, -0.2) is 0 Å². The molecule has 2 N–H and O–H groups in total. The van der Waals surface area contributed by atoms with Gasteiger partial charge in [0.15, 0.2) is 0 Å². The predicted octanol–water partition coefficient (Wildman–Crippen LogP) is 2.11. The molecule has 0 aliphatic carbocycles. The lowest BCUT2D eigenvalue weighted by Gasteiger charge is -2.29. The molecule has 5 nitrogen and oxygen atoms in total. The topological polar surface area (TPSA) is 61.8 Å². The number of carboxylic acid groups (broad SMARTS) is 1. The second kappa shape index (κ2) is 9.38. The lowest BCUT2D eigenvalue weighted by molar-refractivity contribution is -0.144.